The molecule has 4 rings (SSSR count). The Kier molecular flexibility index (Phi) is 5.38. The molecule has 7 heteroatoms. The maximum Gasteiger partial charge on any atom is 0.163 e. The second-order valence-corrected chi connectivity index (χ2v) is 9.62. The average Bonchev–Trinajstić information content (AvgIpc) is 3.14. The number of nitrogens with zero attached hydrogens (tertiary/aromatic N) is 3. The molecule has 1 saturated heterocycles. The van der Waals surface area contributed by atoms with Crippen molar-refractivity contribution in [1.29, 1.82) is 0 Å². The molecule has 0 N–H and O–H groups in total. The summed E-state index contributed by atoms with van der Waals surface area (Å²) in [5.41, 5.74) is -0.716. The van der Waals surface area contributed by atoms with E-state index in [1.54, 1.807) is 24.0 Å². The van der Waals surface area contributed by atoms with Crippen molar-refractivity contribution in [2.45, 2.75) is 63.3 Å². The molecule has 1 aromatic carbocycles. The van der Waals surface area contributed by atoms with Crippen LogP contribution in [0.25, 0.3) is 5.69 Å². The number of allylic oxidation sites excluding steroid dienone is 1. The zero-order valence-electron chi connectivity index (χ0n) is 18.7. The number of hydrogen-bond acceptors (Lipinski definition) is 4. The Labute approximate surface area is 181 Å². The van der Waals surface area contributed by atoms with Crippen molar-refractivity contribution in [3.8, 4) is 5.69 Å². The molecule has 2 aliphatic heterocycles. The Morgan fingerprint density at radius 1 is 1.13 bits per heavy atom. The summed E-state index contributed by atoms with van der Waals surface area (Å²) in [5, 5.41) is 0. The minimum absolute atomic E-state index is 0.0960. The third kappa shape index (κ3) is 4.21. The lowest BCUT2D eigenvalue weighted by Crippen LogP contribution is -2.44. The van der Waals surface area contributed by atoms with E-state index in [0.717, 1.165) is 30.7 Å². The van der Waals surface area contributed by atoms with Gasteiger partial charge >= 0.3 is 0 Å². The van der Waals surface area contributed by atoms with E-state index in [-0.39, 0.29) is 22.8 Å². The van der Waals surface area contributed by atoms with Crippen LogP contribution in [0.5, 0.6) is 0 Å². The van der Waals surface area contributed by atoms with Gasteiger partial charge in [-0.3, -0.25) is 9.56 Å². The monoisotopic (exact) mass is 429 g/mol. The lowest BCUT2D eigenvalue weighted by Gasteiger charge is -2.45. The largest absolute Gasteiger partial charge is 0.370 e. The van der Waals surface area contributed by atoms with Crippen LogP contribution >= 0.6 is 0 Å². The summed E-state index contributed by atoms with van der Waals surface area (Å²) in [6.45, 7) is 8.58. The van der Waals surface area contributed by atoms with E-state index in [0.29, 0.717) is 12.4 Å². The molecule has 0 saturated carbocycles. The van der Waals surface area contributed by atoms with Crippen LogP contribution in [0.2, 0.25) is 0 Å². The molecule has 0 aliphatic carbocycles. The molecule has 1 atom stereocenters. The van der Waals surface area contributed by atoms with Gasteiger partial charge in [0.2, 0.25) is 0 Å². The summed E-state index contributed by atoms with van der Waals surface area (Å²) < 4.78 is 42.6. The number of halogens is 2. The van der Waals surface area contributed by atoms with Gasteiger partial charge in [-0.15, -0.1) is 0 Å². The van der Waals surface area contributed by atoms with E-state index in [4.69, 9.17) is 14.5 Å². The lowest BCUT2D eigenvalue weighted by atomic mass is 9.79. The Morgan fingerprint density at radius 3 is 2.45 bits per heavy atom. The molecule has 1 fully saturated rings. The minimum atomic E-state index is -0.970. The number of aromatic nitrogens is 2. The highest BCUT2D eigenvalue weighted by molar-refractivity contribution is 5.72. The van der Waals surface area contributed by atoms with E-state index in [1.165, 1.54) is 6.07 Å². The van der Waals surface area contributed by atoms with Gasteiger partial charge < -0.3 is 9.47 Å². The maximum absolute atomic E-state index is 14.8. The molecule has 0 spiro atoms. The fourth-order valence-corrected chi connectivity index (χ4v) is 4.92. The molecule has 3 heterocycles. The molecular weight excluding hydrogens is 400 g/mol. The predicted octanol–water partition coefficient (Wildman–Crippen LogP) is 5.08. The molecule has 166 valence electrons. The van der Waals surface area contributed by atoms with Crippen molar-refractivity contribution < 1.29 is 18.3 Å². The van der Waals surface area contributed by atoms with Crippen molar-refractivity contribution in [3.63, 3.8) is 0 Å². The van der Waals surface area contributed by atoms with E-state index >= 15 is 0 Å². The van der Waals surface area contributed by atoms with Gasteiger partial charge in [0.15, 0.2) is 11.4 Å². The second kappa shape index (κ2) is 7.64. The van der Waals surface area contributed by atoms with Crippen LogP contribution < -0.4 is 0 Å². The molecule has 2 aromatic rings. The summed E-state index contributed by atoms with van der Waals surface area (Å²) in [6, 6.07) is 3.42. The van der Waals surface area contributed by atoms with E-state index < -0.39 is 17.2 Å². The van der Waals surface area contributed by atoms with Crippen molar-refractivity contribution in [3.05, 3.63) is 59.7 Å². The van der Waals surface area contributed by atoms with Crippen LogP contribution in [-0.2, 0) is 15.1 Å². The fraction of sp³-hybridized carbons (Fsp3) is 0.500. The van der Waals surface area contributed by atoms with Crippen molar-refractivity contribution >= 4 is 6.21 Å². The molecule has 1 unspecified atom stereocenters. The van der Waals surface area contributed by atoms with Crippen LogP contribution in [0.15, 0.2) is 41.5 Å². The van der Waals surface area contributed by atoms with Gasteiger partial charge in [-0.05, 0) is 64.8 Å². The van der Waals surface area contributed by atoms with Gasteiger partial charge in [0, 0.05) is 31.5 Å². The fourth-order valence-electron chi connectivity index (χ4n) is 4.92. The third-order valence-corrected chi connectivity index (χ3v) is 5.96. The number of methoxy groups -OCH3 is 1. The van der Waals surface area contributed by atoms with Crippen LogP contribution in [0.1, 0.15) is 58.0 Å². The highest BCUT2D eigenvalue weighted by Gasteiger charge is 2.42. The third-order valence-electron chi connectivity index (χ3n) is 5.96. The zero-order chi connectivity index (χ0) is 22.4. The normalized spacial score (nSPS) is 25.1. The highest BCUT2D eigenvalue weighted by Crippen LogP contribution is 2.44. The number of hydrogen-bond donors (Lipinski definition) is 0. The van der Waals surface area contributed by atoms with Gasteiger partial charge in [-0.1, -0.05) is 0 Å². The van der Waals surface area contributed by atoms with E-state index in [2.05, 4.69) is 32.7 Å². The Hall–Kier alpha value is -2.38. The van der Waals surface area contributed by atoms with Crippen LogP contribution in [0.3, 0.4) is 0 Å². The summed E-state index contributed by atoms with van der Waals surface area (Å²) in [4.78, 5) is 9.29. The van der Waals surface area contributed by atoms with Crippen molar-refractivity contribution in [2.75, 3.05) is 13.7 Å². The molecule has 31 heavy (non-hydrogen) atoms. The quantitative estimate of drug-likeness (QED) is 0.681. The van der Waals surface area contributed by atoms with Crippen molar-refractivity contribution in [1.82, 2.24) is 9.55 Å². The average molecular weight is 430 g/mol. The number of benzene rings is 1. The SMILES string of the molecule is COC1(c2nc(C3CC(C)(C)OC(C)(C)C3)cn2-c2cc(F)ccc2F)C=CC=NC1. The van der Waals surface area contributed by atoms with E-state index in [9.17, 15) is 8.78 Å². The van der Waals surface area contributed by atoms with Gasteiger partial charge in [-0.25, -0.2) is 13.8 Å². The molecule has 2 aliphatic rings. The highest BCUT2D eigenvalue weighted by atomic mass is 19.1. The van der Waals surface area contributed by atoms with Gasteiger partial charge in [0.1, 0.15) is 11.6 Å². The maximum atomic E-state index is 14.8. The van der Waals surface area contributed by atoms with Crippen molar-refractivity contribution in [2.24, 2.45) is 4.99 Å². The smallest absolute Gasteiger partial charge is 0.163 e. The zero-order valence-corrected chi connectivity index (χ0v) is 18.7. The van der Waals surface area contributed by atoms with Gasteiger partial charge in [0.05, 0.1) is 29.1 Å². The van der Waals surface area contributed by atoms with Crippen LogP contribution in [0.4, 0.5) is 8.78 Å². The number of aliphatic imine (C=N–C) groups is 1. The van der Waals surface area contributed by atoms with Crippen LogP contribution in [-0.4, -0.2) is 40.6 Å². The standard InChI is InChI=1S/C24H29F2N3O2/c1-22(2)12-16(13-23(3,4)31-22)19-14-29(20-11-17(25)7-8-18(20)26)21(28-19)24(30-5)9-6-10-27-15-24/h6-11,14,16H,12-13,15H2,1-5H3. The van der Waals surface area contributed by atoms with E-state index in [1.807, 2.05) is 12.3 Å². The molecule has 0 amide bonds. The number of rotatable bonds is 4. The predicted molar refractivity (Wildman–Crippen MR) is 116 cm³/mol. The Morgan fingerprint density at radius 2 is 1.84 bits per heavy atom. The van der Waals surface area contributed by atoms with Gasteiger partial charge in [0.25, 0.3) is 0 Å². The molecule has 1 aromatic heterocycles. The minimum Gasteiger partial charge on any atom is -0.370 e. The van der Waals surface area contributed by atoms with Gasteiger partial charge in [-0.2, -0.15) is 0 Å². The molecule has 5 nitrogen and oxygen atoms in total. The summed E-state index contributed by atoms with van der Waals surface area (Å²) >= 11 is 0. The summed E-state index contributed by atoms with van der Waals surface area (Å²) in [6.07, 6.45) is 8.69. The first-order valence-electron chi connectivity index (χ1n) is 10.5. The Balaban J connectivity index is 1.88. The topological polar surface area (TPSA) is 48.6 Å². The number of dihydropyridines is 1. The molecule has 0 bridgehead atoms. The first-order valence-corrected chi connectivity index (χ1v) is 10.5. The number of ether oxygens (including phenoxy) is 2. The van der Waals surface area contributed by atoms with Crippen LogP contribution in [0, 0.1) is 11.6 Å². The second-order valence-electron chi connectivity index (χ2n) is 9.62. The Bertz CT molecular complexity index is 1030. The molecular formula is C24H29F2N3O2. The summed E-state index contributed by atoms with van der Waals surface area (Å²) in [7, 11) is 1.58. The number of imidazole rings is 1. The first-order chi connectivity index (χ1) is 14.5. The lowest BCUT2D eigenvalue weighted by molar-refractivity contribution is -0.162. The molecule has 0 radical (unpaired) electrons. The summed E-state index contributed by atoms with van der Waals surface area (Å²) in [5.74, 6) is -0.478. The first kappa shape index (κ1) is 21.8.